The van der Waals surface area contributed by atoms with Crippen molar-refractivity contribution in [2.45, 2.75) is 25.4 Å². The molecule has 3 nitrogen and oxygen atoms in total. The van der Waals surface area contributed by atoms with Crippen molar-refractivity contribution < 1.29 is 0 Å². The van der Waals surface area contributed by atoms with Crippen molar-refractivity contribution in [3.63, 3.8) is 0 Å². The number of hydrogen-bond donors (Lipinski definition) is 1. The molecule has 3 rings (SSSR count). The van der Waals surface area contributed by atoms with Crippen LogP contribution in [0, 0.1) is 11.3 Å². The van der Waals surface area contributed by atoms with Crippen LogP contribution >= 0.6 is 15.9 Å². The van der Waals surface area contributed by atoms with Gasteiger partial charge in [0.2, 0.25) is 0 Å². The quantitative estimate of drug-likeness (QED) is 0.852. The molecule has 0 heterocycles. The summed E-state index contributed by atoms with van der Waals surface area (Å²) >= 11 is 3.47. The maximum atomic E-state index is 9.43. The number of halogens is 1. The van der Waals surface area contributed by atoms with Crippen molar-refractivity contribution in [3.8, 4) is 6.07 Å². The number of anilines is 2. The molecule has 1 saturated carbocycles. The van der Waals surface area contributed by atoms with E-state index in [2.05, 4.69) is 33.0 Å². The van der Waals surface area contributed by atoms with Crippen molar-refractivity contribution in [1.29, 1.82) is 5.26 Å². The molecule has 0 bridgehead atoms. The van der Waals surface area contributed by atoms with Gasteiger partial charge in [-0.25, -0.2) is 0 Å². The van der Waals surface area contributed by atoms with E-state index in [0.29, 0.717) is 11.6 Å². The van der Waals surface area contributed by atoms with Gasteiger partial charge in [-0.2, -0.15) is 5.26 Å². The van der Waals surface area contributed by atoms with E-state index in [1.165, 1.54) is 18.4 Å². The molecule has 0 aliphatic heterocycles. The van der Waals surface area contributed by atoms with Gasteiger partial charge in [0.1, 0.15) is 6.07 Å². The molecule has 0 saturated heterocycles. The van der Waals surface area contributed by atoms with Crippen LogP contribution in [0.1, 0.15) is 24.0 Å². The lowest BCUT2D eigenvalue weighted by molar-refractivity contribution is 0.793. The van der Waals surface area contributed by atoms with Gasteiger partial charge in [-0.1, -0.05) is 18.2 Å². The lowest BCUT2D eigenvalue weighted by Gasteiger charge is -2.26. The predicted molar refractivity (Wildman–Crippen MR) is 88.9 cm³/mol. The third-order valence-electron chi connectivity index (χ3n) is 3.70. The van der Waals surface area contributed by atoms with E-state index in [1.807, 2.05) is 36.4 Å². The Balaban J connectivity index is 1.96. The van der Waals surface area contributed by atoms with Crippen LogP contribution in [0.2, 0.25) is 0 Å². The van der Waals surface area contributed by atoms with Crippen molar-refractivity contribution >= 4 is 27.3 Å². The van der Waals surface area contributed by atoms with E-state index in [0.717, 1.165) is 22.4 Å². The molecule has 4 heteroatoms. The van der Waals surface area contributed by atoms with Crippen LogP contribution in [0.4, 0.5) is 11.4 Å². The van der Waals surface area contributed by atoms with Crippen LogP contribution in [-0.2, 0) is 6.54 Å². The Morgan fingerprint density at radius 2 is 2.00 bits per heavy atom. The largest absolute Gasteiger partial charge is 0.399 e. The topological polar surface area (TPSA) is 53.0 Å². The molecule has 2 N–H and O–H groups in total. The van der Waals surface area contributed by atoms with Crippen molar-refractivity contribution in [2.24, 2.45) is 0 Å². The second kappa shape index (κ2) is 5.79. The fourth-order valence-corrected chi connectivity index (χ4v) is 2.99. The van der Waals surface area contributed by atoms with Crippen molar-refractivity contribution in [1.82, 2.24) is 0 Å². The van der Waals surface area contributed by atoms with Crippen LogP contribution in [0.5, 0.6) is 0 Å². The SMILES string of the molecule is N#Cc1c(Br)cccc1N(Cc1cccc(N)c1)C1CC1. The number of nitrogens with two attached hydrogens (primary N) is 1. The van der Waals surface area contributed by atoms with Gasteiger partial charge in [-0.15, -0.1) is 0 Å². The van der Waals surface area contributed by atoms with E-state index in [1.54, 1.807) is 0 Å². The Hall–Kier alpha value is -1.99. The van der Waals surface area contributed by atoms with Gasteiger partial charge in [-0.3, -0.25) is 0 Å². The molecule has 0 unspecified atom stereocenters. The van der Waals surface area contributed by atoms with Crippen molar-refractivity contribution in [2.75, 3.05) is 10.6 Å². The standard InChI is InChI=1S/C17H16BrN3/c18-16-5-2-6-17(15(16)10-19)21(14-7-8-14)11-12-3-1-4-13(20)9-12/h1-6,9,14H,7-8,11,20H2. The molecule has 0 aromatic heterocycles. The Labute approximate surface area is 133 Å². The van der Waals surface area contributed by atoms with E-state index in [4.69, 9.17) is 5.73 Å². The van der Waals surface area contributed by atoms with Crippen LogP contribution in [-0.4, -0.2) is 6.04 Å². The lowest BCUT2D eigenvalue weighted by Crippen LogP contribution is -2.26. The zero-order valence-electron chi connectivity index (χ0n) is 11.6. The first-order valence-electron chi connectivity index (χ1n) is 6.98. The first-order chi connectivity index (χ1) is 10.2. The van der Waals surface area contributed by atoms with Crippen molar-refractivity contribution in [3.05, 3.63) is 58.1 Å². The molecule has 1 aliphatic rings. The van der Waals surface area contributed by atoms with E-state index >= 15 is 0 Å². The minimum Gasteiger partial charge on any atom is -0.399 e. The van der Waals surface area contributed by atoms with Gasteiger partial charge in [-0.05, 0) is 58.6 Å². The Bertz CT molecular complexity index is 701. The molecule has 2 aromatic rings. The molecule has 2 aromatic carbocycles. The van der Waals surface area contributed by atoms with Crippen LogP contribution in [0.3, 0.4) is 0 Å². The van der Waals surface area contributed by atoms with E-state index in [-0.39, 0.29) is 0 Å². The monoisotopic (exact) mass is 341 g/mol. The molecule has 0 atom stereocenters. The third-order valence-corrected chi connectivity index (χ3v) is 4.37. The summed E-state index contributed by atoms with van der Waals surface area (Å²) in [4.78, 5) is 2.32. The van der Waals surface area contributed by atoms with Crippen LogP contribution in [0.25, 0.3) is 0 Å². The second-order valence-electron chi connectivity index (χ2n) is 5.35. The Morgan fingerprint density at radius 1 is 1.24 bits per heavy atom. The highest BCUT2D eigenvalue weighted by atomic mass is 79.9. The molecular weight excluding hydrogens is 326 g/mol. The van der Waals surface area contributed by atoms with E-state index in [9.17, 15) is 5.26 Å². The molecule has 1 fully saturated rings. The fraction of sp³-hybridized carbons (Fsp3) is 0.235. The smallest absolute Gasteiger partial charge is 0.103 e. The zero-order valence-corrected chi connectivity index (χ0v) is 13.2. The average molecular weight is 342 g/mol. The minimum atomic E-state index is 0.521. The summed E-state index contributed by atoms with van der Waals surface area (Å²) in [7, 11) is 0. The number of nitriles is 1. The molecule has 21 heavy (non-hydrogen) atoms. The average Bonchev–Trinajstić information content (AvgIpc) is 3.29. The number of nitrogens with zero attached hydrogens (tertiary/aromatic N) is 2. The summed E-state index contributed by atoms with van der Waals surface area (Å²) in [6, 6.07) is 16.7. The predicted octanol–water partition coefficient (Wildman–Crippen LogP) is 4.07. The summed E-state index contributed by atoms with van der Waals surface area (Å²) in [5, 5.41) is 9.43. The highest BCUT2D eigenvalue weighted by Crippen LogP contribution is 2.37. The van der Waals surface area contributed by atoms with Gasteiger partial charge in [0.15, 0.2) is 0 Å². The number of nitrogen functional groups attached to an aromatic ring is 1. The second-order valence-corrected chi connectivity index (χ2v) is 6.20. The van der Waals surface area contributed by atoms with Gasteiger partial charge in [0, 0.05) is 22.7 Å². The van der Waals surface area contributed by atoms with Gasteiger partial charge < -0.3 is 10.6 Å². The Morgan fingerprint density at radius 3 is 2.67 bits per heavy atom. The molecule has 0 radical (unpaired) electrons. The molecule has 0 amide bonds. The van der Waals surface area contributed by atoms with Gasteiger partial charge in [0.05, 0.1) is 11.3 Å². The molecular formula is C17H16BrN3. The summed E-state index contributed by atoms with van der Waals surface area (Å²) in [6.45, 7) is 0.779. The summed E-state index contributed by atoms with van der Waals surface area (Å²) in [5.74, 6) is 0. The molecule has 0 spiro atoms. The highest BCUT2D eigenvalue weighted by molar-refractivity contribution is 9.10. The van der Waals surface area contributed by atoms with Gasteiger partial charge >= 0.3 is 0 Å². The number of rotatable bonds is 4. The van der Waals surface area contributed by atoms with Crippen LogP contribution < -0.4 is 10.6 Å². The normalized spacial score (nSPS) is 13.7. The zero-order chi connectivity index (χ0) is 14.8. The fourth-order valence-electron chi connectivity index (χ4n) is 2.55. The van der Waals surface area contributed by atoms with Gasteiger partial charge in [0.25, 0.3) is 0 Å². The highest BCUT2D eigenvalue weighted by Gasteiger charge is 2.31. The maximum absolute atomic E-state index is 9.43. The van der Waals surface area contributed by atoms with E-state index < -0.39 is 0 Å². The third kappa shape index (κ3) is 3.03. The maximum Gasteiger partial charge on any atom is 0.103 e. The Kier molecular flexibility index (Phi) is 3.85. The minimum absolute atomic E-state index is 0.521. The number of hydrogen-bond acceptors (Lipinski definition) is 3. The molecule has 106 valence electrons. The lowest BCUT2D eigenvalue weighted by atomic mass is 10.1. The first kappa shape index (κ1) is 14.0. The summed E-state index contributed by atoms with van der Waals surface area (Å²) < 4.78 is 0.848. The first-order valence-corrected chi connectivity index (χ1v) is 7.78. The molecule has 1 aliphatic carbocycles. The summed E-state index contributed by atoms with van der Waals surface area (Å²) in [6.07, 6.45) is 2.36. The number of benzene rings is 2. The van der Waals surface area contributed by atoms with Crippen LogP contribution in [0.15, 0.2) is 46.9 Å². The summed E-state index contributed by atoms with van der Waals surface area (Å²) in [5.41, 5.74) is 9.51.